The third kappa shape index (κ3) is 7.93. The van der Waals surface area contributed by atoms with E-state index in [2.05, 4.69) is 10.6 Å². The number of rotatable bonds is 9. The van der Waals surface area contributed by atoms with Crippen molar-refractivity contribution in [3.63, 3.8) is 0 Å². The maximum absolute atomic E-state index is 11.8. The quantitative estimate of drug-likeness (QED) is 0.536. The molecule has 0 heterocycles. The number of carbonyl (C=O) groups is 2. The summed E-state index contributed by atoms with van der Waals surface area (Å²) in [6, 6.07) is 5.97. The summed E-state index contributed by atoms with van der Waals surface area (Å²) in [7, 11) is 0. The fraction of sp³-hybridized carbons (Fsp3) is 0.529. The second-order valence-corrected chi connectivity index (χ2v) is 6.64. The Morgan fingerprint density at radius 3 is 2.52 bits per heavy atom. The predicted molar refractivity (Wildman–Crippen MR) is 94.8 cm³/mol. The van der Waals surface area contributed by atoms with Gasteiger partial charge in [0.1, 0.15) is 12.4 Å². The second kappa shape index (κ2) is 10.2. The van der Waals surface area contributed by atoms with Crippen LogP contribution in [-0.4, -0.2) is 36.1 Å². The van der Waals surface area contributed by atoms with Gasteiger partial charge in [-0.1, -0.05) is 18.2 Å². The van der Waals surface area contributed by atoms with Gasteiger partial charge in [-0.3, -0.25) is 9.59 Å². The molecule has 2 amide bonds. The molecule has 0 aliphatic carbocycles. The van der Waals surface area contributed by atoms with E-state index in [-0.39, 0.29) is 17.9 Å². The van der Waals surface area contributed by atoms with Crippen LogP contribution >= 0.6 is 11.8 Å². The Balaban J connectivity index is 2.24. The summed E-state index contributed by atoms with van der Waals surface area (Å²) < 4.78 is 5.83. The van der Waals surface area contributed by atoms with Gasteiger partial charge in [-0.15, -0.1) is 11.8 Å². The van der Waals surface area contributed by atoms with Crippen molar-refractivity contribution in [2.75, 3.05) is 18.2 Å². The first kappa shape index (κ1) is 19.4. The average molecular weight is 338 g/mol. The highest BCUT2D eigenvalue weighted by atomic mass is 32.2. The zero-order valence-electron chi connectivity index (χ0n) is 14.3. The van der Waals surface area contributed by atoms with Gasteiger partial charge in [-0.05, 0) is 31.9 Å². The molecule has 0 spiro atoms. The molecule has 0 bridgehead atoms. The van der Waals surface area contributed by atoms with Crippen LogP contribution < -0.4 is 15.4 Å². The van der Waals surface area contributed by atoms with Crippen molar-refractivity contribution in [1.29, 1.82) is 0 Å². The Labute approximate surface area is 142 Å². The third-order valence-corrected chi connectivity index (χ3v) is 4.03. The molecule has 0 saturated carbocycles. The molecule has 0 aliphatic heterocycles. The third-order valence-electron chi connectivity index (χ3n) is 3.19. The minimum atomic E-state index is -0.0563. The molecule has 0 aliphatic rings. The number of nitrogens with one attached hydrogen (secondary N) is 2. The van der Waals surface area contributed by atoms with Crippen LogP contribution in [0.4, 0.5) is 0 Å². The molecule has 1 unspecified atom stereocenters. The van der Waals surface area contributed by atoms with Crippen LogP contribution in [0.1, 0.15) is 31.4 Å². The number of hydrogen-bond donors (Lipinski definition) is 2. The highest BCUT2D eigenvalue weighted by Gasteiger charge is 2.10. The lowest BCUT2D eigenvalue weighted by molar-refractivity contribution is -0.121. The Kier molecular flexibility index (Phi) is 8.55. The summed E-state index contributed by atoms with van der Waals surface area (Å²) in [5.74, 6) is 2.04. The van der Waals surface area contributed by atoms with Crippen LogP contribution in [0.15, 0.2) is 18.2 Å². The van der Waals surface area contributed by atoms with Gasteiger partial charge in [0.25, 0.3) is 0 Å². The van der Waals surface area contributed by atoms with Crippen molar-refractivity contribution < 1.29 is 14.3 Å². The number of benzene rings is 1. The van der Waals surface area contributed by atoms with E-state index in [0.29, 0.717) is 24.7 Å². The Morgan fingerprint density at radius 2 is 1.91 bits per heavy atom. The molecule has 0 radical (unpaired) electrons. The van der Waals surface area contributed by atoms with E-state index in [0.717, 1.165) is 16.9 Å². The van der Waals surface area contributed by atoms with Crippen molar-refractivity contribution >= 4 is 23.6 Å². The molecule has 5 nitrogen and oxygen atoms in total. The topological polar surface area (TPSA) is 67.4 Å². The lowest BCUT2D eigenvalue weighted by atomic mass is 10.1. The van der Waals surface area contributed by atoms with Crippen molar-refractivity contribution in [2.24, 2.45) is 0 Å². The molecule has 1 rings (SSSR count). The van der Waals surface area contributed by atoms with Crippen LogP contribution in [0.25, 0.3) is 0 Å². The Bertz CT molecular complexity index is 514. The summed E-state index contributed by atoms with van der Waals surface area (Å²) in [5, 5.41) is 5.61. The normalized spacial score (nSPS) is 11.7. The van der Waals surface area contributed by atoms with Crippen LogP contribution in [-0.2, 0) is 9.59 Å². The summed E-state index contributed by atoms with van der Waals surface area (Å²) >= 11 is 1.53. The summed E-state index contributed by atoms with van der Waals surface area (Å²) in [4.78, 5) is 22.5. The Hall–Kier alpha value is -1.69. The minimum Gasteiger partial charge on any atom is -0.491 e. The molecule has 0 fully saturated rings. The van der Waals surface area contributed by atoms with Gasteiger partial charge < -0.3 is 15.4 Å². The fourth-order valence-electron chi connectivity index (χ4n) is 2.01. The predicted octanol–water partition coefficient (Wildman–Crippen LogP) is 2.40. The summed E-state index contributed by atoms with van der Waals surface area (Å²) in [5.41, 5.74) is 2.19. The van der Waals surface area contributed by atoms with Gasteiger partial charge in [0, 0.05) is 19.1 Å². The van der Waals surface area contributed by atoms with Gasteiger partial charge in [0.05, 0.1) is 11.9 Å². The SMILES string of the molecule is CC(=O)NCSCCC(=O)NC(C)COc1c(C)cccc1C. The molecule has 1 aromatic carbocycles. The van der Waals surface area contributed by atoms with Crippen LogP contribution in [0, 0.1) is 13.8 Å². The van der Waals surface area contributed by atoms with Crippen LogP contribution in [0.3, 0.4) is 0 Å². The molecule has 0 saturated heterocycles. The molecule has 128 valence electrons. The smallest absolute Gasteiger partial charge is 0.221 e. The highest BCUT2D eigenvalue weighted by Crippen LogP contribution is 2.22. The first-order valence-electron chi connectivity index (χ1n) is 7.70. The minimum absolute atomic E-state index is 0.00192. The first-order chi connectivity index (χ1) is 10.9. The zero-order valence-corrected chi connectivity index (χ0v) is 15.1. The van der Waals surface area contributed by atoms with E-state index in [1.165, 1.54) is 18.7 Å². The van der Waals surface area contributed by atoms with E-state index in [1.54, 1.807) is 0 Å². The van der Waals surface area contributed by atoms with Crippen molar-refractivity contribution in [3.05, 3.63) is 29.3 Å². The van der Waals surface area contributed by atoms with E-state index in [4.69, 9.17) is 4.74 Å². The molecular weight excluding hydrogens is 312 g/mol. The molecule has 6 heteroatoms. The van der Waals surface area contributed by atoms with Crippen molar-refractivity contribution in [3.8, 4) is 5.75 Å². The van der Waals surface area contributed by atoms with E-state index in [1.807, 2.05) is 39.0 Å². The van der Waals surface area contributed by atoms with Crippen molar-refractivity contribution in [1.82, 2.24) is 10.6 Å². The molecule has 0 aromatic heterocycles. The summed E-state index contributed by atoms with van der Waals surface area (Å²) in [6.07, 6.45) is 0.429. The maximum atomic E-state index is 11.8. The number of aryl methyl sites for hydroxylation is 2. The molecule has 23 heavy (non-hydrogen) atoms. The van der Waals surface area contributed by atoms with Crippen LogP contribution in [0.5, 0.6) is 5.75 Å². The van der Waals surface area contributed by atoms with E-state index in [9.17, 15) is 9.59 Å². The zero-order chi connectivity index (χ0) is 17.2. The highest BCUT2D eigenvalue weighted by molar-refractivity contribution is 7.99. The number of thioether (sulfide) groups is 1. The largest absolute Gasteiger partial charge is 0.491 e. The van der Waals surface area contributed by atoms with Gasteiger partial charge in [0.2, 0.25) is 11.8 Å². The van der Waals surface area contributed by atoms with E-state index < -0.39 is 0 Å². The number of hydrogen-bond acceptors (Lipinski definition) is 4. The molecule has 2 N–H and O–H groups in total. The van der Waals surface area contributed by atoms with Gasteiger partial charge >= 0.3 is 0 Å². The van der Waals surface area contributed by atoms with Gasteiger partial charge in [-0.25, -0.2) is 0 Å². The lowest BCUT2D eigenvalue weighted by Gasteiger charge is -2.17. The second-order valence-electron chi connectivity index (χ2n) is 5.54. The molecule has 1 aromatic rings. The lowest BCUT2D eigenvalue weighted by Crippen LogP contribution is -2.37. The van der Waals surface area contributed by atoms with Crippen molar-refractivity contribution in [2.45, 2.75) is 40.2 Å². The number of ether oxygens (including phenoxy) is 1. The average Bonchev–Trinajstić information content (AvgIpc) is 2.46. The van der Waals surface area contributed by atoms with Gasteiger partial charge in [0.15, 0.2) is 0 Å². The fourth-order valence-corrected chi connectivity index (χ4v) is 2.79. The van der Waals surface area contributed by atoms with E-state index >= 15 is 0 Å². The standard InChI is InChI=1S/C17H26N2O3S/c1-12-6-5-7-13(2)17(12)22-10-14(3)19-16(21)8-9-23-11-18-15(4)20/h5-7,14H,8-11H2,1-4H3,(H,18,20)(H,19,21). The monoisotopic (exact) mass is 338 g/mol. The van der Waals surface area contributed by atoms with Crippen LogP contribution in [0.2, 0.25) is 0 Å². The molecular formula is C17H26N2O3S. The number of amides is 2. The number of carbonyl (C=O) groups excluding carboxylic acids is 2. The summed E-state index contributed by atoms with van der Waals surface area (Å²) in [6.45, 7) is 7.87. The molecule has 1 atom stereocenters. The number of para-hydroxylation sites is 1. The Morgan fingerprint density at radius 1 is 1.26 bits per heavy atom. The maximum Gasteiger partial charge on any atom is 0.221 e. The van der Waals surface area contributed by atoms with Gasteiger partial charge in [-0.2, -0.15) is 0 Å². The first-order valence-corrected chi connectivity index (χ1v) is 8.86.